The molecule has 1 N–H and O–H groups in total. The number of carbonyl (C=O) groups excluding carboxylic acids is 2. The van der Waals surface area contributed by atoms with Crippen molar-refractivity contribution in [2.45, 2.75) is 26.8 Å². The Morgan fingerprint density at radius 1 is 0.931 bits per heavy atom. The Labute approximate surface area is 171 Å². The van der Waals surface area contributed by atoms with Crippen molar-refractivity contribution < 1.29 is 9.59 Å². The number of amides is 2. The summed E-state index contributed by atoms with van der Waals surface area (Å²) in [6.07, 6.45) is 2.44. The van der Waals surface area contributed by atoms with Gasteiger partial charge < -0.3 is 10.2 Å². The van der Waals surface area contributed by atoms with Gasteiger partial charge in [0.25, 0.3) is 11.8 Å². The van der Waals surface area contributed by atoms with Crippen molar-refractivity contribution in [3.05, 3.63) is 95.3 Å². The molecule has 29 heavy (non-hydrogen) atoms. The van der Waals surface area contributed by atoms with Gasteiger partial charge in [-0.2, -0.15) is 0 Å². The fourth-order valence-electron chi connectivity index (χ4n) is 3.01. The quantitative estimate of drug-likeness (QED) is 0.646. The molecule has 5 nitrogen and oxygen atoms in total. The summed E-state index contributed by atoms with van der Waals surface area (Å²) in [7, 11) is 0. The van der Waals surface area contributed by atoms with Crippen LogP contribution in [0.5, 0.6) is 0 Å². The number of rotatable bonds is 7. The van der Waals surface area contributed by atoms with Crippen molar-refractivity contribution in [1.29, 1.82) is 0 Å². The predicted octanol–water partition coefficient (Wildman–Crippen LogP) is 4.56. The van der Waals surface area contributed by atoms with Gasteiger partial charge in [-0.25, -0.2) is 0 Å². The van der Waals surface area contributed by atoms with Gasteiger partial charge >= 0.3 is 0 Å². The molecule has 5 heteroatoms. The minimum absolute atomic E-state index is 0.196. The molecule has 2 aromatic carbocycles. The Bertz CT molecular complexity index is 969. The molecule has 1 heterocycles. The van der Waals surface area contributed by atoms with Crippen LogP contribution in [0, 0.1) is 0 Å². The number of hydrogen-bond acceptors (Lipinski definition) is 3. The molecule has 0 aliphatic carbocycles. The molecule has 0 fully saturated rings. The zero-order chi connectivity index (χ0) is 20.6. The van der Waals surface area contributed by atoms with Gasteiger partial charge in [-0.05, 0) is 48.7 Å². The predicted molar refractivity (Wildman–Crippen MR) is 115 cm³/mol. The summed E-state index contributed by atoms with van der Waals surface area (Å²) >= 11 is 0. The number of aromatic nitrogens is 1. The first-order valence-corrected chi connectivity index (χ1v) is 9.80. The summed E-state index contributed by atoms with van der Waals surface area (Å²) in [4.78, 5) is 31.4. The maximum absolute atomic E-state index is 12.9. The van der Waals surface area contributed by atoms with Crippen LogP contribution >= 0.6 is 0 Å². The second kappa shape index (κ2) is 9.64. The third-order valence-corrected chi connectivity index (χ3v) is 4.75. The fraction of sp³-hybridized carbons (Fsp3) is 0.208. The van der Waals surface area contributed by atoms with E-state index >= 15 is 0 Å². The van der Waals surface area contributed by atoms with Gasteiger partial charge in [0.2, 0.25) is 0 Å². The number of aryl methyl sites for hydroxylation is 1. The Kier molecular flexibility index (Phi) is 6.74. The first kappa shape index (κ1) is 20.3. The smallest absolute Gasteiger partial charge is 0.272 e. The fourth-order valence-corrected chi connectivity index (χ4v) is 3.01. The minimum atomic E-state index is -0.267. The van der Waals surface area contributed by atoms with Crippen LogP contribution in [-0.2, 0) is 13.0 Å². The molecular formula is C24H25N3O2. The second-order valence-corrected chi connectivity index (χ2v) is 6.74. The van der Waals surface area contributed by atoms with Gasteiger partial charge in [0, 0.05) is 30.5 Å². The van der Waals surface area contributed by atoms with Gasteiger partial charge in [0.1, 0.15) is 5.69 Å². The highest BCUT2D eigenvalue weighted by molar-refractivity contribution is 6.05. The highest BCUT2D eigenvalue weighted by Crippen LogP contribution is 2.14. The number of anilines is 1. The van der Waals surface area contributed by atoms with E-state index < -0.39 is 0 Å². The van der Waals surface area contributed by atoms with E-state index in [2.05, 4.69) is 17.2 Å². The van der Waals surface area contributed by atoms with Gasteiger partial charge in [0.15, 0.2) is 0 Å². The molecular weight excluding hydrogens is 362 g/mol. The average molecular weight is 387 g/mol. The van der Waals surface area contributed by atoms with E-state index in [0.717, 1.165) is 17.7 Å². The minimum Gasteiger partial charge on any atom is -0.333 e. The van der Waals surface area contributed by atoms with E-state index in [4.69, 9.17) is 0 Å². The average Bonchev–Trinajstić information content (AvgIpc) is 2.78. The molecule has 0 aliphatic rings. The molecule has 148 valence electrons. The lowest BCUT2D eigenvalue weighted by Crippen LogP contribution is -2.31. The normalized spacial score (nSPS) is 10.4. The number of carbonyl (C=O) groups is 2. The van der Waals surface area contributed by atoms with Crippen LogP contribution in [-0.4, -0.2) is 28.2 Å². The van der Waals surface area contributed by atoms with E-state index in [-0.39, 0.29) is 17.5 Å². The number of nitrogens with zero attached hydrogens (tertiary/aromatic N) is 2. The SMILES string of the molecule is CCc1ccc(NC(=O)c2ccnc(C(=O)N(CC)Cc3ccccc3)c2)cc1. The molecule has 0 bridgehead atoms. The van der Waals surface area contributed by atoms with E-state index in [9.17, 15) is 9.59 Å². The van der Waals surface area contributed by atoms with Gasteiger partial charge in [0.05, 0.1) is 0 Å². The van der Waals surface area contributed by atoms with E-state index in [0.29, 0.717) is 18.7 Å². The van der Waals surface area contributed by atoms with Crippen LogP contribution in [0.25, 0.3) is 0 Å². The third-order valence-electron chi connectivity index (χ3n) is 4.75. The Hall–Kier alpha value is -3.47. The lowest BCUT2D eigenvalue weighted by Gasteiger charge is -2.20. The number of pyridine rings is 1. The van der Waals surface area contributed by atoms with Crippen LogP contribution < -0.4 is 5.32 Å². The maximum Gasteiger partial charge on any atom is 0.272 e. The Morgan fingerprint density at radius 2 is 1.66 bits per heavy atom. The first-order valence-electron chi connectivity index (χ1n) is 9.80. The summed E-state index contributed by atoms with van der Waals surface area (Å²) in [5.74, 6) is -0.463. The number of nitrogens with one attached hydrogen (secondary N) is 1. The molecule has 0 unspecified atom stereocenters. The summed E-state index contributed by atoms with van der Waals surface area (Å²) in [6.45, 7) is 5.06. The van der Waals surface area contributed by atoms with E-state index in [1.807, 2.05) is 61.5 Å². The molecule has 1 aromatic heterocycles. The molecule has 2 amide bonds. The molecule has 0 radical (unpaired) electrons. The van der Waals surface area contributed by atoms with Crippen LogP contribution in [0.4, 0.5) is 5.69 Å². The zero-order valence-corrected chi connectivity index (χ0v) is 16.8. The Morgan fingerprint density at radius 3 is 2.31 bits per heavy atom. The first-order chi connectivity index (χ1) is 14.1. The third kappa shape index (κ3) is 5.29. The summed E-state index contributed by atoms with van der Waals surface area (Å²) in [5.41, 5.74) is 3.64. The zero-order valence-electron chi connectivity index (χ0n) is 16.8. The van der Waals surface area contributed by atoms with Crippen molar-refractivity contribution in [3.63, 3.8) is 0 Å². The monoisotopic (exact) mass is 387 g/mol. The summed E-state index contributed by atoms with van der Waals surface area (Å²) in [6, 6.07) is 20.7. The molecule has 0 atom stereocenters. The highest BCUT2D eigenvalue weighted by atomic mass is 16.2. The second-order valence-electron chi connectivity index (χ2n) is 6.74. The molecule has 0 spiro atoms. The topological polar surface area (TPSA) is 62.3 Å². The maximum atomic E-state index is 12.9. The molecule has 0 saturated carbocycles. The number of hydrogen-bond donors (Lipinski definition) is 1. The summed E-state index contributed by atoms with van der Waals surface area (Å²) < 4.78 is 0. The van der Waals surface area contributed by atoms with Gasteiger partial charge in [-0.3, -0.25) is 14.6 Å². The van der Waals surface area contributed by atoms with Crippen LogP contribution in [0.1, 0.15) is 45.8 Å². The molecule has 0 saturated heterocycles. The number of benzene rings is 2. The van der Waals surface area contributed by atoms with E-state index in [1.54, 1.807) is 17.0 Å². The van der Waals surface area contributed by atoms with Gasteiger partial charge in [-0.15, -0.1) is 0 Å². The van der Waals surface area contributed by atoms with Crippen LogP contribution in [0.3, 0.4) is 0 Å². The standard InChI is InChI=1S/C24H25N3O2/c1-3-18-10-12-21(13-11-18)26-23(28)20-14-15-25-22(16-20)24(29)27(4-2)17-19-8-6-5-7-9-19/h5-16H,3-4,17H2,1-2H3,(H,26,28). The Balaban J connectivity index is 1.73. The largest absolute Gasteiger partial charge is 0.333 e. The van der Waals surface area contributed by atoms with Crippen molar-refractivity contribution in [1.82, 2.24) is 9.88 Å². The van der Waals surface area contributed by atoms with Crippen molar-refractivity contribution >= 4 is 17.5 Å². The van der Waals surface area contributed by atoms with Crippen molar-refractivity contribution in [3.8, 4) is 0 Å². The molecule has 3 aromatic rings. The molecule has 3 rings (SSSR count). The lowest BCUT2D eigenvalue weighted by molar-refractivity contribution is 0.0746. The lowest BCUT2D eigenvalue weighted by atomic mass is 10.1. The van der Waals surface area contributed by atoms with Crippen LogP contribution in [0.15, 0.2) is 72.9 Å². The molecule has 0 aliphatic heterocycles. The van der Waals surface area contributed by atoms with Crippen LogP contribution in [0.2, 0.25) is 0 Å². The van der Waals surface area contributed by atoms with E-state index in [1.165, 1.54) is 11.8 Å². The van der Waals surface area contributed by atoms with Crippen molar-refractivity contribution in [2.24, 2.45) is 0 Å². The summed E-state index contributed by atoms with van der Waals surface area (Å²) in [5, 5.41) is 2.87. The van der Waals surface area contributed by atoms with Crippen molar-refractivity contribution in [2.75, 3.05) is 11.9 Å². The van der Waals surface area contributed by atoms with Gasteiger partial charge in [-0.1, -0.05) is 49.4 Å². The highest BCUT2D eigenvalue weighted by Gasteiger charge is 2.18.